The van der Waals surface area contributed by atoms with Crippen LogP contribution in [0.1, 0.15) is 6.92 Å². The second kappa shape index (κ2) is 13.5. The molecule has 1 aliphatic rings. The number of amides is 1. The van der Waals surface area contributed by atoms with E-state index >= 15 is 0 Å². The molecule has 28 heavy (non-hydrogen) atoms. The molecule has 9 nitrogen and oxygen atoms in total. The van der Waals surface area contributed by atoms with E-state index in [0.717, 1.165) is 0 Å². The van der Waals surface area contributed by atoms with Gasteiger partial charge in [0.05, 0.1) is 20.9 Å². The number of rotatable bonds is 9. The van der Waals surface area contributed by atoms with Gasteiger partial charge in [0.25, 0.3) is 0 Å². The molecule has 1 aliphatic heterocycles. The molecule has 4 radical (unpaired) electrons. The van der Waals surface area contributed by atoms with E-state index in [9.17, 15) is 14.2 Å². The lowest BCUT2D eigenvalue weighted by Crippen LogP contribution is -2.48. The molecule has 3 unspecified atom stereocenters. The summed E-state index contributed by atoms with van der Waals surface area (Å²) in [7, 11) is 15.3. The number of ketones is 1. The van der Waals surface area contributed by atoms with Crippen molar-refractivity contribution in [3.8, 4) is 0 Å². The molecule has 1 saturated heterocycles. The molecule has 1 rings (SSSR count). The van der Waals surface area contributed by atoms with E-state index in [1.54, 1.807) is 39.6 Å². The lowest BCUT2D eigenvalue weighted by molar-refractivity contribution is -0.165. The Balaban J connectivity index is 0.000000528. The molecule has 0 aromatic carbocycles. The zero-order valence-corrected chi connectivity index (χ0v) is 18.8. The van der Waals surface area contributed by atoms with Gasteiger partial charge in [-0.2, -0.15) is 0 Å². The van der Waals surface area contributed by atoms with E-state index in [1.165, 1.54) is 11.8 Å². The van der Waals surface area contributed by atoms with Gasteiger partial charge in [-0.1, -0.05) is 0 Å². The van der Waals surface area contributed by atoms with Crippen LogP contribution in [0.5, 0.6) is 0 Å². The van der Waals surface area contributed by atoms with Gasteiger partial charge in [0, 0.05) is 39.4 Å². The minimum Gasteiger partial charge on any atom is -0.357 e. The van der Waals surface area contributed by atoms with Gasteiger partial charge in [-0.25, -0.2) is 9.34 Å². The molecule has 0 aromatic heterocycles. The van der Waals surface area contributed by atoms with Gasteiger partial charge in [-0.05, 0) is 34.4 Å². The molecule has 3 atom stereocenters. The average Bonchev–Trinajstić information content (AvgIpc) is 2.63. The van der Waals surface area contributed by atoms with Crippen molar-refractivity contribution in [2.45, 2.75) is 25.5 Å². The first kappa shape index (κ1) is 27.3. The first-order chi connectivity index (χ1) is 13.0. The fourth-order valence-electron chi connectivity index (χ4n) is 2.36. The van der Waals surface area contributed by atoms with E-state index < -0.39 is 19.7 Å². The van der Waals surface area contributed by atoms with Crippen LogP contribution >= 0.6 is 7.44 Å². The summed E-state index contributed by atoms with van der Waals surface area (Å²) in [4.78, 5) is 23.4. The number of likely N-dealkylation sites (N-methyl/N-ethyl adjacent to an activating group) is 1. The molecule has 1 N–H and O–H groups in total. The Morgan fingerprint density at radius 1 is 1.36 bits per heavy atom. The maximum Gasteiger partial charge on any atom is 0.214 e. The summed E-state index contributed by atoms with van der Waals surface area (Å²) in [5.41, 5.74) is 0. The van der Waals surface area contributed by atoms with Crippen LogP contribution in [-0.2, 0) is 23.6 Å². The first-order valence-electron chi connectivity index (χ1n) is 9.06. The second-order valence-electron chi connectivity index (χ2n) is 6.72. The summed E-state index contributed by atoms with van der Waals surface area (Å²) in [6, 6.07) is -0.447. The Morgan fingerprint density at radius 3 is 2.39 bits per heavy atom. The van der Waals surface area contributed by atoms with Crippen molar-refractivity contribution in [3.05, 3.63) is 0 Å². The van der Waals surface area contributed by atoms with Crippen molar-refractivity contribution in [1.29, 1.82) is 0 Å². The van der Waals surface area contributed by atoms with E-state index in [2.05, 4.69) is 5.32 Å². The lowest BCUT2D eigenvalue weighted by atomic mass is 9.99. The Labute approximate surface area is 171 Å². The van der Waals surface area contributed by atoms with E-state index in [-0.39, 0.29) is 24.6 Å². The molecule has 1 fully saturated rings. The van der Waals surface area contributed by atoms with Gasteiger partial charge >= 0.3 is 0 Å². The van der Waals surface area contributed by atoms with E-state index in [1.807, 2.05) is 4.67 Å². The van der Waals surface area contributed by atoms with Gasteiger partial charge in [-0.15, -0.1) is 0 Å². The number of morpholine rings is 1. The topological polar surface area (TPSA) is 91.4 Å². The third kappa shape index (κ3) is 9.67. The van der Waals surface area contributed by atoms with Gasteiger partial charge in [0.2, 0.25) is 13.4 Å². The maximum atomic E-state index is 12.4. The fourth-order valence-corrected chi connectivity index (χ4v) is 3.76. The predicted molar refractivity (Wildman–Crippen MR) is 112 cm³/mol. The molecule has 0 aliphatic carbocycles. The van der Waals surface area contributed by atoms with Crippen molar-refractivity contribution in [3.63, 3.8) is 0 Å². The highest BCUT2D eigenvalue weighted by Crippen LogP contribution is 2.48. The minimum atomic E-state index is -2.50. The number of methoxy groups -OCH3 is 1. The Morgan fingerprint density at radius 2 is 1.96 bits per heavy atom. The third-order valence-corrected chi connectivity index (χ3v) is 7.04. The van der Waals surface area contributed by atoms with Crippen molar-refractivity contribution in [2.24, 2.45) is 0 Å². The van der Waals surface area contributed by atoms with Crippen LogP contribution < -0.4 is 5.32 Å². The first-order valence-corrected chi connectivity index (χ1v) is 11.1. The number of nitrogens with one attached hydrogen (secondary N) is 1. The largest absolute Gasteiger partial charge is 0.357 e. The highest BCUT2D eigenvalue weighted by Gasteiger charge is 2.35. The zero-order valence-electron chi connectivity index (χ0n) is 17.9. The Bertz CT molecular complexity index is 541. The van der Waals surface area contributed by atoms with E-state index in [0.29, 0.717) is 26.2 Å². The maximum absolute atomic E-state index is 12.4. The van der Waals surface area contributed by atoms with Gasteiger partial charge in [0.15, 0.2) is 6.29 Å². The summed E-state index contributed by atoms with van der Waals surface area (Å²) < 4.78 is 26.3. The molecule has 12 heteroatoms. The van der Waals surface area contributed by atoms with Crippen LogP contribution in [-0.4, -0.2) is 122 Å². The van der Waals surface area contributed by atoms with Crippen LogP contribution in [0.3, 0.4) is 0 Å². The Kier molecular flexibility index (Phi) is 13.2. The van der Waals surface area contributed by atoms with Crippen LogP contribution in [0, 0.1) is 0 Å². The number of ether oxygens (including phenoxy) is 2. The molecule has 0 spiro atoms. The highest BCUT2D eigenvalue weighted by molar-refractivity contribution is 7.58. The molecule has 158 valence electrons. The normalized spacial score (nSPS) is 22.1. The predicted octanol–water partition coefficient (Wildman–Crippen LogP) is -0.620. The van der Waals surface area contributed by atoms with Crippen molar-refractivity contribution in [2.75, 3.05) is 67.6 Å². The molecule has 0 aromatic rings. The molecule has 1 heterocycles. The van der Waals surface area contributed by atoms with Crippen molar-refractivity contribution < 1.29 is 23.6 Å². The number of hydrogen-bond donors (Lipinski definition) is 1. The van der Waals surface area contributed by atoms with Gasteiger partial charge in [0.1, 0.15) is 13.6 Å². The Hall–Kier alpha value is -0.700. The number of hydrogen-bond acceptors (Lipinski definition) is 6. The quantitative estimate of drug-likeness (QED) is 0.395. The lowest BCUT2D eigenvalue weighted by Gasteiger charge is -2.41. The van der Waals surface area contributed by atoms with E-state index in [4.69, 9.17) is 25.2 Å². The number of carbonyl (C=O) groups is 2. The van der Waals surface area contributed by atoms with Gasteiger partial charge < -0.3 is 19.7 Å². The third-order valence-electron chi connectivity index (χ3n) is 4.18. The van der Waals surface area contributed by atoms with Crippen LogP contribution in [0.25, 0.3) is 0 Å². The summed E-state index contributed by atoms with van der Waals surface area (Å²) in [5, 5.41) is 2.90. The van der Waals surface area contributed by atoms with Crippen molar-refractivity contribution >= 4 is 34.8 Å². The number of Topliss-reactive ketones (excluding diaryl/α,β-unsaturated/α-hetero) is 1. The highest BCUT2D eigenvalue weighted by atomic mass is 31.2. The molecule has 0 saturated carbocycles. The molecule has 1 amide bonds. The average molecular weight is 414 g/mol. The van der Waals surface area contributed by atoms with Crippen LogP contribution in [0.2, 0.25) is 6.32 Å². The number of nitrogens with zero attached hydrogens (tertiary/aromatic N) is 3. The molecular formula is C16H33B2N4O5P. The standard InChI is InChI=1S/C8H18BN2O3P.C8H15BN2O2/c1-10(2)15(4,12)11-5-7(9)14-8(6-11)13-3;1-7(12)6-11(4-3-10-2)8(13)5-9/h7-8H,5-6H2,1-4H3;10H,3-6H2,1-2H3. The monoisotopic (exact) mass is 414 g/mol. The second-order valence-corrected chi connectivity index (χ2v) is 9.76. The zero-order chi connectivity index (χ0) is 21.9. The SMILES string of the molecule is [B]C1CN(P(C)(=O)N(C)C)CC(OC)O1.[B]CC(=O)N(CCNC)CC(C)=O. The van der Waals surface area contributed by atoms with Crippen LogP contribution in [0.4, 0.5) is 0 Å². The molecular weight excluding hydrogens is 381 g/mol. The van der Waals surface area contributed by atoms with Crippen molar-refractivity contribution in [1.82, 2.24) is 19.6 Å². The van der Waals surface area contributed by atoms with Crippen LogP contribution in [0.15, 0.2) is 0 Å². The fraction of sp³-hybridized carbons (Fsp3) is 0.875. The smallest absolute Gasteiger partial charge is 0.214 e. The number of carbonyl (C=O) groups excluding carboxylic acids is 2. The summed E-state index contributed by atoms with van der Waals surface area (Å²) in [6.07, 6.45) is -0.446. The summed E-state index contributed by atoms with van der Waals surface area (Å²) in [5.74, 6) is -0.219. The summed E-state index contributed by atoms with van der Waals surface area (Å²) in [6.45, 7) is 5.46. The summed E-state index contributed by atoms with van der Waals surface area (Å²) >= 11 is 0. The van der Waals surface area contributed by atoms with Gasteiger partial charge in [-0.3, -0.25) is 14.2 Å². The molecule has 0 bridgehead atoms. The minimum absolute atomic E-state index is 0.0297.